The maximum Gasteiger partial charge on any atom is 0.251 e. The summed E-state index contributed by atoms with van der Waals surface area (Å²) in [6.07, 6.45) is 4.84. The van der Waals surface area contributed by atoms with Gasteiger partial charge in [0.2, 0.25) is 0 Å². The predicted molar refractivity (Wildman–Crippen MR) is 82.5 cm³/mol. The molecule has 2 rings (SSSR count). The zero-order chi connectivity index (χ0) is 15.1. The van der Waals surface area contributed by atoms with E-state index in [-0.39, 0.29) is 19.1 Å². The predicted octanol–water partition coefficient (Wildman–Crippen LogP) is 1.78. The Hall–Kier alpha value is -1.59. The van der Waals surface area contributed by atoms with Gasteiger partial charge in [0.25, 0.3) is 5.91 Å². The molecule has 21 heavy (non-hydrogen) atoms. The second-order valence-corrected chi connectivity index (χ2v) is 5.42. The van der Waals surface area contributed by atoms with E-state index in [1.165, 1.54) is 6.42 Å². The Morgan fingerprint density at radius 2 is 2.10 bits per heavy atom. The topological polar surface area (TPSA) is 70.6 Å². The Morgan fingerprint density at radius 1 is 1.33 bits per heavy atom. The van der Waals surface area contributed by atoms with Crippen LogP contribution in [0.5, 0.6) is 0 Å². The molecule has 0 saturated heterocycles. The van der Waals surface area contributed by atoms with Crippen LogP contribution in [-0.2, 0) is 4.74 Å². The van der Waals surface area contributed by atoms with Crippen molar-refractivity contribution < 1.29 is 14.6 Å². The first-order chi connectivity index (χ1) is 10.2. The van der Waals surface area contributed by atoms with Gasteiger partial charge in [0.1, 0.15) is 0 Å². The van der Waals surface area contributed by atoms with Crippen molar-refractivity contribution in [1.82, 2.24) is 5.32 Å². The fourth-order valence-electron chi connectivity index (χ4n) is 2.72. The highest BCUT2D eigenvalue weighted by molar-refractivity contribution is 5.94. The monoisotopic (exact) mass is 292 g/mol. The van der Waals surface area contributed by atoms with Gasteiger partial charge >= 0.3 is 0 Å². The van der Waals surface area contributed by atoms with Crippen molar-refractivity contribution in [2.75, 3.05) is 25.6 Å². The molecule has 1 fully saturated rings. The van der Waals surface area contributed by atoms with Gasteiger partial charge < -0.3 is 20.5 Å². The molecule has 0 aromatic heterocycles. The molecule has 0 aliphatic heterocycles. The number of hydrogen-bond acceptors (Lipinski definition) is 4. The van der Waals surface area contributed by atoms with Crippen molar-refractivity contribution in [1.29, 1.82) is 0 Å². The molecule has 2 atom stereocenters. The van der Waals surface area contributed by atoms with Crippen LogP contribution in [0.25, 0.3) is 0 Å². The van der Waals surface area contributed by atoms with Crippen LogP contribution in [-0.4, -0.2) is 43.4 Å². The molecular weight excluding hydrogens is 268 g/mol. The Labute approximate surface area is 125 Å². The Bertz CT molecular complexity index is 447. The molecule has 0 bridgehead atoms. The third-order valence-corrected chi connectivity index (χ3v) is 3.87. The number of aliphatic hydroxyl groups excluding tert-OH is 1. The first-order valence-electron chi connectivity index (χ1n) is 7.51. The quantitative estimate of drug-likeness (QED) is 0.747. The summed E-state index contributed by atoms with van der Waals surface area (Å²) in [6.45, 7) is 0.229. The van der Waals surface area contributed by atoms with Gasteiger partial charge in [0, 0.05) is 30.9 Å². The fraction of sp³-hybridized carbons (Fsp3) is 0.562. The van der Waals surface area contributed by atoms with E-state index in [2.05, 4.69) is 10.6 Å². The third kappa shape index (κ3) is 4.72. The van der Waals surface area contributed by atoms with Crippen LogP contribution in [0.1, 0.15) is 36.0 Å². The van der Waals surface area contributed by atoms with Crippen LogP contribution in [0.15, 0.2) is 24.3 Å². The summed E-state index contributed by atoms with van der Waals surface area (Å²) >= 11 is 0. The lowest BCUT2D eigenvalue weighted by molar-refractivity contribution is 0.0669. The van der Waals surface area contributed by atoms with Crippen molar-refractivity contribution in [2.24, 2.45) is 0 Å². The SMILES string of the molecule is COC1CCCC(Nc2ccc(C(=O)NCCO)cc2)C1. The van der Waals surface area contributed by atoms with Gasteiger partial charge in [-0.1, -0.05) is 0 Å². The minimum Gasteiger partial charge on any atom is -0.395 e. The molecule has 1 aliphatic rings. The number of amides is 1. The molecule has 0 spiro atoms. The first-order valence-corrected chi connectivity index (χ1v) is 7.51. The molecule has 0 heterocycles. The summed E-state index contributed by atoms with van der Waals surface area (Å²) in [5, 5.41) is 14.8. The van der Waals surface area contributed by atoms with Crippen LogP contribution in [0.2, 0.25) is 0 Å². The second kappa shape index (κ2) is 8.00. The number of anilines is 1. The lowest BCUT2D eigenvalue weighted by Crippen LogP contribution is -2.31. The number of carbonyl (C=O) groups is 1. The highest BCUT2D eigenvalue weighted by Gasteiger charge is 2.21. The van der Waals surface area contributed by atoms with E-state index >= 15 is 0 Å². The Kier molecular flexibility index (Phi) is 6.02. The zero-order valence-electron chi connectivity index (χ0n) is 12.5. The van der Waals surface area contributed by atoms with Crippen molar-refractivity contribution in [2.45, 2.75) is 37.8 Å². The van der Waals surface area contributed by atoms with E-state index in [1.54, 1.807) is 19.2 Å². The summed E-state index contributed by atoms with van der Waals surface area (Å²) in [6, 6.07) is 7.86. The summed E-state index contributed by atoms with van der Waals surface area (Å²) in [4.78, 5) is 11.7. The van der Waals surface area contributed by atoms with E-state index in [9.17, 15) is 4.79 Å². The molecule has 5 nitrogen and oxygen atoms in total. The lowest BCUT2D eigenvalue weighted by atomic mass is 9.92. The molecule has 3 N–H and O–H groups in total. The Morgan fingerprint density at radius 3 is 2.76 bits per heavy atom. The van der Waals surface area contributed by atoms with Crippen LogP contribution in [0, 0.1) is 0 Å². The van der Waals surface area contributed by atoms with E-state index in [0.29, 0.717) is 17.7 Å². The average molecular weight is 292 g/mol. The number of nitrogens with one attached hydrogen (secondary N) is 2. The van der Waals surface area contributed by atoms with Gasteiger partial charge in [-0.15, -0.1) is 0 Å². The third-order valence-electron chi connectivity index (χ3n) is 3.87. The van der Waals surface area contributed by atoms with Gasteiger partial charge in [-0.05, 0) is 49.9 Å². The van der Waals surface area contributed by atoms with Gasteiger partial charge in [-0.3, -0.25) is 4.79 Å². The van der Waals surface area contributed by atoms with Crippen LogP contribution >= 0.6 is 0 Å². The molecule has 2 unspecified atom stereocenters. The van der Waals surface area contributed by atoms with Gasteiger partial charge in [-0.2, -0.15) is 0 Å². The number of aliphatic hydroxyl groups is 1. The van der Waals surface area contributed by atoms with Gasteiger partial charge in [-0.25, -0.2) is 0 Å². The molecule has 1 aromatic carbocycles. The van der Waals surface area contributed by atoms with Crippen molar-refractivity contribution in [3.8, 4) is 0 Å². The van der Waals surface area contributed by atoms with Crippen molar-refractivity contribution in [3.05, 3.63) is 29.8 Å². The van der Waals surface area contributed by atoms with E-state index < -0.39 is 0 Å². The summed E-state index contributed by atoms with van der Waals surface area (Å²) in [5.41, 5.74) is 1.63. The van der Waals surface area contributed by atoms with E-state index in [4.69, 9.17) is 9.84 Å². The number of carbonyl (C=O) groups excluding carboxylic acids is 1. The smallest absolute Gasteiger partial charge is 0.251 e. The van der Waals surface area contributed by atoms with Gasteiger partial charge in [0.15, 0.2) is 0 Å². The maximum absolute atomic E-state index is 11.7. The van der Waals surface area contributed by atoms with E-state index in [0.717, 1.165) is 24.9 Å². The molecule has 1 aromatic rings. The van der Waals surface area contributed by atoms with Crippen LogP contribution < -0.4 is 10.6 Å². The molecule has 0 radical (unpaired) electrons. The summed E-state index contributed by atoms with van der Waals surface area (Å²) in [7, 11) is 1.77. The molecule has 1 saturated carbocycles. The number of rotatable bonds is 6. The zero-order valence-corrected chi connectivity index (χ0v) is 12.5. The molecular formula is C16H24N2O3. The minimum atomic E-state index is -0.160. The average Bonchev–Trinajstić information content (AvgIpc) is 2.53. The minimum absolute atomic E-state index is 0.0479. The van der Waals surface area contributed by atoms with E-state index in [1.807, 2.05) is 12.1 Å². The number of hydrogen-bond donors (Lipinski definition) is 3. The highest BCUT2D eigenvalue weighted by atomic mass is 16.5. The lowest BCUT2D eigenvalue weighted by Gasteiger charge is -2.29. The van der Waals surface area contributed by atoms with Crippen molar-refractivity contribution in [3.63, 3.8) is 0 Å². The Balaban J connectivity index is 1.88. The van der Waals surface area contributed by atoms with Gasteiger partial charge in [0.05, 0.1) is 12.7 Å². The maximum atomic E-state index is 11.7. The highest BCUT2D eigenvalue weighted by Crippen LogP contribution is 2.24. The molecule has 116 valence electrons. The number of ether oxygens (including phenoxy) is 1. The normalized spacial score (nSPS) is 21.8. The van der Waals surface area contributed by atoms with Crippen molar-refractivity contribution >= 4 is 11.6 Å². The van der Waals surface area contributed by atoms with Crippen LogP contribution in [0.4, 0.5) is 5.69 Å². The number of benzene rings is 1. The van der Waals surface area contributed by atoms with Crippen LogP contribution in [0.3, 0.4) is 0 Å². The molecule has 5 heteroatoms. The molecule has 1 aliphatic carbocycles. The molecule has 1 amide bonds. The summed E-state index contributed by atoms with van der Waals surface area (Å²) in [5.74, 6) is -0.160. The second-order valence-electron chi connectivity index (χ2n) is 5.42. The summed E-state index contributed by atoms with van der Waals surface area (Å²) < 4.78 is 5.43. The standard InChI is InChI=1S/C16H24N2O3/c1-21-15-4-2-3-14(11-15)18-13-7-5-12(6-8-13)16(20)17-9-10-19/h5-8,14-15,18-19H,2-4,9-11H2,1H3,(H,17,20). The largest absolute Gasteiger partial charge is 0.395 e. The number of methoxy groups -OCH3 is 1. The fourth-order valence-corrected chi connectivity index (χ4v) is 2.72. The first kappa shape index (κ1) is 15.8.